The van der Waals surface area contributed by atoms with E-state index < -0.39 is 0 Å². The van der Waals surface area contributed by atoms with Crippen LogP contribution in [0.1, 0.15) is 33.1 Å². The van der Waals surface area contributed by atoms with Crippen LogP contribution >= 0.6 is 15.9 Å². The zero-order valence-electron chi connectivity index (χ0n) is 10.8. The van der Waals surface area contributed by atoms with Crippen molar-refractivity contribution in [2.75, 3.05) is 11.9 Å². The van der Waals surface area contributed by atoms with Gasteiger partial charge in [-0.2, -0.15) is 5.10 Å². The number of aliphatic hydroxyl groups is 1. The number of hydrogen-bond acceptors (Lipinski definition) is 4. The first-order chi connectivity index (χ1) is 8.63. The third-order valence-electron chi connectivity index (χ3n) is 2.78. The highest BCUT2D eigenvalue weighted by Gasteiger charge is 2.11. The number of rotatable bonds is 7. The summed E-state index contributed by atoms with van der Waals surface area (Å²) in [5.74, 6) is 0. The fourth-order valence-electron chi connectivity index (χ4n) is 1.53. The number of hydrogen-bond donors (Lipinski definition) is 2. The van der Waals surface area contributed by atoms with E-state index in [2.05, 4.69) is 33.3 Å². The summed E-state index contributed by atoms with van der Waals surface area (Å²) in [5.41, 5.74) is 0.495. The van der Waals surface area contributed by atoms with Crippen LogP contribution in [0.5, 0.6) is 0 Å². The zero-order valence-corrected chi connectivity index (χ0v) is 12.4. The molecule has 0 saturated heterocycles. The topological polar surface area (TPSA) is 67.2 Å². The number of aryl methyl sites for hydroxylation is 1. The fraction of sp³-hybridized carbons (Fsp3) is 0.667. The molecule has 0 saturated carbocycles. The molecule has 1 aromatic rings. The van der Waals surface area contributed by atoms with E-state index in [0.29, 0.717) is 16.7 Å². The molecule has 18 heavy (non-hydrogen) atoms. The van der Waals surface area contributed by atoms with Crippen molar-refractivity contribution >= 4 is 21.6 Å². The lowest BCUT2D eigenvalue weighted by atomic mass is 10.2. The van der Waals surface area contributed by atoms with E-state index in [1.165, 1.54) is 4.68 Å². The van der Waals surface area contributed by atoms with Gasteiger partial charge in [-0.25, -0.2) is 4.68 Å². The molecule has 0 aliphatic rings. The maximum atomic E-state index is 12.0. The fourth-order valence-corrected chi connectivity index (χ4v) is 1.95. The van der Waals surface area contributed by atoms with Crippen LogP contribution in [-0.2, 0) is 6.54 Å². The summed E-state index contributed by atoms with van der Waals surface area (Å²) in [5, 5.41) is 16.4. The van der Waals surface area contributed by atoms with Gasteiger partial charge in [0.15, 0.2) is 0 Å². The van der Waals surface area contributed by atoms with Gasteiger partial charge in [0, 0.05) is 12.6 Å². The number of anilines is 1. The zero-order chi connectivity index (χ0) is 13.5. The molecule has 2 N–H and O–H groups in total. The first-order valence-electron chi connectivity index (χ1n) is 6.27. The van der Waals surface area contributed by atoms with Gasteiger partial charge in [-0.3, -0.25) is 4.79 Å². The lowest BCUT2D eigenvalue weighted by Crippen LogP contribution is -2.28. The molecule has 1 unspecified atom stereocenters. The highest BCUT2D eigenvalue weighted by molar-refractivity contribution is 9.10. The van der Waals surface area contributed by atoms with Gasteiger partial charge in [-0.15, -0.1) is 0 Å². The molecule has 102 valence electrons. The van der Waals surface area contributed by atoms with E-state index in [-0.39, 0.29) is 18.2 Å². The molecule has 1 heterocycles. The normalized spacial score (nSPS) is 12.4. The van der Waals surface area contributed by atoms with Crippen molar-refractivity contribution in [1.29, 1.82) is 0 Å². The van der Waals surface area contributed by atoms with Gasteiger partial charge in [-0.05, 0) is 28.8 Å². The largest absolute Gasteiger partial charge is 0.394 e. The van der Waals surface area contributed by atoms with E-state index in [1.807, 2.05) is 6.92 Å². The molecule has 0 aliphatic carbocycles. The smallest absolute Gasteiger partial charge is 0.283 e. The summed E-state index contributed by atoms with van der Waals surface area (Å²) in [6.07, 6.45) is 4.36. The number of nitrogens with zero attached hydrogens (tertiary/aromatic N) is 2. The predicted molar refractivity (Wildman–Crippen MR) is 75.9 cm³/mol. The first kappa shape index (κ1) is 15.2. The third-order valence-corrected chi connectivity index (χ3v) is 3.55. The van der Waals surface area contributed by atoms with Crippen LogP contribution in [0.3, 0.4) is 0 Å². The molecular weight excluding hydrogens is 298 g/mol. The molecule has 1 atom stereocenters. The number of halogens is 1. The van der Waals surface area contributed by atoms with Crippen LogP contribution in [0.25, 0.3) is 0 Å². The Morgan fingerprint density at radius 2 is 2.28 bits per heavy atom. The average molecular weight is 318 g/mol. The molecule has 0 aromatic carbocycles. The Bertz CT molecular complexity index is 430. The lowest BCUT2D eigenvalue weighted by molar-refractivity contribution is 0.271. The Labute approximate surface area is 115 Å². The van der Waals surface area contributed by atoms with Crippen LogP contribution in [0.4, 0.5) is 5.69 Å². The van der Waals surface area contributed by atoms with Gasteiger partial charge >= 0.3 is 0 Å². The van der Waals surface area contributed by atoms with Crippen molar-refractivity contribution in [2.24, 2.45) is 0 Å². The maximum absolute atomic E-state index is 12.0. The van der Waals surface area contributed by atoms with Gasteiger partial charge in [0.1, 0.15) is 4.47 Å². The van der Waals surface area contributed by atoms with E-state index in [4.69, 9.17) is 5.11 Å². The Morgan fingerprint density at radius 3 is 2.83 bits per heavy atom. The van der Waals surface area contributed by atoms with Crippen molar-refractivity contribution in [3.63, 3.8) is 0 Å². The molecule has 0 bridgehead atoms. The Morgan fingerprint density at radius 1 is 1.56 bits per heavy atom. The molecule has 5 nitrogen and oxygen atoms in total. The summed E-state index contributed by atoms with van der Waals surface area (Å²) in [6.45, 7) is 4.70. The highest BCUT2D eigenvalue weighted by Crippen LogP contribution is 2.17. The average Bonchev–Trinajstić information content (AvgIpc) is 2.39. The van der Waals surface area contributed by atoms with E-state index in [9.17, 15) is 4.79 Å². The van der Waals surface area contributed by atoms with Crippen molar-refractivity contribution in [1.82, 2.24) is 9.78 Å². The second kappa shape index (κ2) is 7.53. The molecule has 1 rings (SSSR count). The van der Waals surface area contributed by atoms with Crippen LogP contribution in [0, 0.1) is 0 Å². The third kappa shape index (κ3) is 3.81. The second-order valence-electron chi connectivity index (χ2n) is 4.19. The Kier molecular flexibility index (Phi) is 6.35. The molecule has 0 aliphatic heterocycles. The molecule has 0 spiro atoms. The van der Waals surface area contributed by atoms with E-state index >= 15 is 0 Å². The van der Waals surface area contributed by atoms with Gasteiger partial charge in [0.25, 0.3) is 5.56 Å². The minimum atomic E-state index is -0.138. The number of aromatic nitrogens is 2. The minimum absolute atomic E-state index is 0.0296. The van der Waals surface area contributed by atoms with Crippen molar-refractivity contribution in [3.05, 3.63) is 21.0 Å². The van der Waals surface area contributed by atoms with Gasteiger partial charge < -0.3 is 10.4 Å². The summed E-state index contributed by atoms with van der Waals surface area (Å²) in [4.78, 5) is 12.0. The Hall–Kier alpha value is -0.880. The highest BCUT2D eigenvalue weighted by atomic mass is 79.9. The van der Waals surface area contributed by atoms with Crippen LogP contribution in [0.2, 0.25) is 0 Å². The minimum Gasteiger partial charge on any atom is -0.394 e. The summed E-state index contributed by atoms with van der Waals surface area (Å²) >= 11 is 3.29. The monoisotopic (exact) mass is 317 g/mol. The van der Waals surface area contributed by atoms with Crippen molar-refractivity contribution < 1.29 is 5.11 Å². The van der Waals surface area contributed by atoms with Crippen molar-refractivity contribution in [2.45, 2.75) is 45.7 Å². The molecule has 0 fully saturated rings. The van der Waals surface area contributed by atoms with Crippen LogP contribution in [-0.4, -0.2) is 27.5 Å². The van der Waals surface area contributed by atoms with Crippen LogP contribution < -0.4 is 10.9 Å². The summed E-state index contributed by atoms with van der Waals surface area (Å²) in [7, 11) is 0. The SMILES string of the molecule is CCCCn1ncc(NC(CC)CO)c(Br)c1=O. The number of aliphatic hydroxyl groups excluding tert-OH is 1. The predicted octanol–water partition coefficient (Wildman–Crippen LogP) is 1.99. The first-order valence-corrected chi connectivity index (χ1v) is 7.06. The second-order valence-corrected chi connectivity index (χ2v) is 4.98. The van der Waals surface area contributed by atoms with E-state index in [1.54, 1.807) is 6.20 Å². The number of unbranched alkanes of at least 4 members (excludes halogenated alkanes) is 1. The summed E-state index contributed by atoms with van der Waals surface area (Å²) in [6, 6.07) is -0.0611. The standard InChI is InChI=1S/C12H20BrN3O2/c1-3-5-6-16-12(18)11(13)10(7-14-16)15-9(4-2)8-17/h7,9,15,17H,3-6,8H2,1-2H3. The summed E-state index contributed by atoms with van der Waals surface area (Å²) < 4.78 is 1.93. The molecule has 6 heteroatoms. The molecular formula is C12H20BrN3O2. The van der Waals surface area contributed by atoms with E-state index in [0.717, 1.165) is 19.3 Å². The lowest BCUT2D eigenvalue weighted by Gasteiger charge is -2.16. The maximum Gasteiger partial charge on any atom is 0.283 e. The van der Waals surface area contributed by atoms with Gasteiger partial charge in [0.2, 0.25) is 0 Å². The Balaban J connectivity index is 2.90. The number of nitrogens with one attached hydrogen (secondary N) is 1. The van der Waals surface area contributed by atoms with Crippen molar-refractivity contribution in [3.8, 4) is 0 Å². The quantitative estimate of drug-likeness (QED) is 0.807. The molecule has 1 aromatic heterocycles. The molecule has 0 amide bonds. The van der Waals surface area contributed by atoms with Gasteiger partial charge in [0.05, 0.1) is 18.5 Å². The van der Waals surface area contributed by atoms with Gasteiger partial charge in [-0.1, -0.05) is 20.3 Å². The van der Waals surface area contributed by atoms with Crippen LogP contribution in [0.15, 0.2) is 15.5 Å². The molecule has 0 radical (unpaired) electrons.